The molecule has 2 N–H and O–H groups in total. The van der Waals surface area contributed by atoms with Crippen LogP contribution in [0.2, 0.25) is 0 Å². The topological polar surface area (TPSA) is 96.9 Å². The van der Waals surface area contributed by atoms with Gasteiger partial charge < -0.3 is 10.1 Å². The van der Waals surface area contributed by atoms with Crippen molar-refractivity contribution >= 4 is 39.9 Å². The standard InChI is InChI=1S/C30H24BrN3O4/c31-25-15-8-14-24(18-25)30(37)38-26-16-7-9-21(17-26)19-33-34-27(35)20-32-29(36)28(22-10-3-1-4-11-22)23-12-5-2-6-13-23/h1-19,28H,20H2,(H,32,36)(H,34,35). The van der Waals surface area contributed by atoms with E-state index in [0.717, 1.165) is 15.6 Å². The van der Waals surface area contributed by atoms with E-state index in [1.54, 1.807) is 42.5 Å². The molecule has 0 bridgehead atoms. The van der Waals surface area contributed by atoms with Crippen LogP contribution in [0.15, 0.2) is 119 Å². The van der Waals surface area contributed by atoms with Gasteiger partial charge in [0.15, 0.2) is 0 Å². The number of halogens is 1. The number of benzene rings is 4. The molecule has 0 unspecified atom stereocenters. The van der Waals surface area contributed by atoms with E-state index >= 15 is 0 Å². The summed E-state index contributed by atoms with van der Waals surface area (Å²) in [6, 6.07) is 32.4. The molecule has 0 saturated carbocycles. The van der Waals surface area contributed by atoms with Crippen LogP contribution in [0.25, 0.3) is 0 Å². The molecule has 0 spiro atoms. The average Bonchev–Trinajstić information content (AvgIpc) is 2.93. The van der Waals surface area contributed by atoms with Gasteiger partial charge in [0.25, 0.3) is 5.91 Å². The van der Waals surface area contributed by atoms with Crippen molar-refractivity contribution < 1.29 is 19.1 Å². The number of hydrogen-bond acceptors (Lipinski definition) is 5. The summed E-state index contributed by atoms with van der Waals surface area (Å²) in [6.45, 7) is -0.239. The van der Waals surface area contributed by atoms with Crippen LogP contribution in [0.4, 0.5) is 0 Å². The summed E-state index contributed by atoms with van der Waals surface area (Å²) in [7, 11) is 0. The maximum Gasteiger partial charge on any atom is 0.343 e. The van der Waals surface area contributed by atoms with Gasteiger partial charge in [-0.25, -0.2) is 10.2 Å². The fourth-order valence-electron chi connectivity index (χ4n) is 3.71. The Kier molecular flexibility index (Phi) is 9.15. The van der Waals surface area contributed by atoms with Gasteiger partial charge in [0.05, 0.1) is 24.2 Å². The average molecular weight is 570 g/mol. The molecule has 0 saturated heterocycles. The number of hydrogen-bond donors (Lipinski definition) is 2. The maximum atomic E-state index is 13.0. The number of carbonyl (C=O) groups excluding carboxylic acids is 3. The number of nitrogens with one attached hydrogen (secondary N) is 2. The van der Waals surface area contributed by atoms with Gasteiger partial charge in [0.2, 0.25) is 5.91 Å². The third-order valence-electron chi connectivity index (χ3n) is 5.48. The van der Waals surface area contributed by atoms with Crippen molar-refractivity contribution in [3.63, 3.8) is 0 Å². The van der Waals surface area contributed by atoms with Crippen molar-refractivity contribution in [3.8, 4) is 5.75 Å². The van der Waals surface area contributed by atoms with E-state index in [0.29, 0.717) is 16.9 Å². The minimum Gasteiger partial charge on any atom is -0.423 e. The van der Waals surface area contributed by atoms with E-state index in [9.17, 15) is 14.4 Å². The summed E-state index contributed by atoms with van der Waals surface area (Å²) in [5.74, 6) is -1.47. The lowest BCUT2D eigenvalue weighted by Crippen LogP contribution is -2.37. The van der Waals surface area contributed by atoms with Gasteiger partial charge in [-0.1, -0.05) is 94.8 Å². The van der Waals surface area contributed by atoms with Crippen molar-refractivity contribution in [3.05, 3.63) is 136 Å². The molecule has 0 fully saturated rings. The summed E-state index contributed by atoms with van der Waals surface area (Å²) in [5, 5.41) is 6.64. The van der Waals surface area contributed by atoms with Crippen LogP contribution < -0.4 is 15.5 Å². The Hall–Kier alpha value is -4.56. The molecule has 8 heteroatoms. The molecule has 0 aliphatic rings. The van der Waals surface area contributed by atoms with Crippen molar-refractivity contribution in [1.29, 1.82) is 0 Å². The molecular weight excluding hydrogens is 546 g/mol. The second-order valence-corrected chi connectivity index (χ2v) is 9.15. The minimum atomic E-state index is -0.545. The monoisotopic (exact) mass is 569 g/mol. The highest BCUT2D eigenvalue weighted by Gasteiger charge is 2.22. The number of nitrogens with zero attached hydrogens (tertiary/aromatic N) is 1. The van der Waals surface area contributed by atoms with E-state index in [-0.39, 0.29) is 12.5 Å². The normalized spacial score (nSPS) is 10.8. The molecule has 2 amide bonds. The zero-order valence-corrected chi connectivity index (χ0v) is 21.8. The molecule has 0 heterocycles. The zero-order chi connectivity index (χ0) is 26.7. The quantitative estimate of drug-likeness (QED) is 0.127. The van der Waals surface area contributed by atoms with Gasteiger partial charge in [-0.05, 0) is 47.0 Å². The summed E-state index contributed by atoms with van der Waals surface area (Å²) in [4.78, 5) is 37.7. The van der Waals surface area contributed by atoms with Crippen LogP contribution in [0.3, 0.4) is 0 Å². The first-order chi connectivity index (χ1) is 18.5. The van der Waals surface area contributed by atoms with E-state index in [1.165, 1.54) is 6.21 Å². The Morgan fingerprint density at radius 2 is 1.47 bits per heavy atom. The first kappa shape index (κ1) is 26.5. The van der Waals surface area contributed by atoms with Crippen molar-refractivity contribution in [2.45, 2.75) is 5.92 Å². The maximum absolute atomic E-state index is 13.0. The smallest absolute Gasteiger partial charge is 0.343 e. The fourth-order valence-corrected chi connectivity index (χ4v) is 4.11. The summed E-state index contributed by atoms with van der Waals surface area (Å²) >= 11 is 3.33. The van der Waals surface area contributed by atoms with Crippen LogP contribution >= 0.6 is 15.9 Å². The van der Waals surface area contributed by atoms with E-state index in [4.69, 9.17) is 4.74 Å². The molecule has 38 heavy (non-hydrogen) atoms. The van der Waals surface area contributed by atoms with E-state index < -0.39 is 17.8 Å². The predicted molar refractivity (Wildman–Crippen MR) is 149 cm³/mol. The van der Waals surface area contributed by atoms with E-state index in [2.05, 4.69) is 31.8 Å². The molecular formula is C30H24BrN3O4. The van der Waals surface area contributed by atoms with Crippen LogP contribution in [0.5, 0.6) is 5.75 Å². The third-order valence-corrected chi connectivity index (χ3v) is 5.98. The van der Waals surface area contributed by atoms with Crippen molar-refractivity contribution in [2.75, 3.05) is 6.54 Å². The Morgan fingerprint density at radius 1 is 0.816 bits per heavy atom. The number of rotatable bonds is 9. The fraction of sp³-hybridized carbons (Fsp3) is 0.0667. The summed E-state index contributed by atoms with van der Waals surface area (Å²) < 4.78 is 6.20. The lowest BCUT2D eigenvalue weighted by Gasteiger charge is -2.17. The first-order valence-corrected chi connectivity index (χ1v) is 12.6. The van der Waals surface area contributed by atoms with Gasteiger partial charge in [-0.3, -0.25) is 9.59 Å². The Bertz CT molecular complexity index is 1400. The summed E-state index contributed by atoms with van der Waals surface area (Å²) in [6.07, 6.45) is 1.42. The highest BCUT2D eigenvalue weighted by molar-refractivity contribution is 9.10. The van der Waals surface area contributed by atoms with Gasteiger partial charge in [-0.2, -0.15) is 5.10 Å². The summed E-state index contributed by atoms with van der Waals surface area (Å²) in [5.41, 5.74) is 5.08. The molecule has 0 aliphatic heterocycles. The molecule has 0 atom stereocenters. The van der Waals surface area contributed by atoms with Crippen LogP contribution in [0.1, 0.15) is 33.0 Å². The second kappa shape index (κ2) is 13.1. The number of ether oxygens (including phenoxy) is 1. The molecule has 4 aromatic carbocycles. The van der Waals surface area contributed by atoms with Gasteiger partial charge in [-0.15, -0.1) is 0 Å². The van der Waals surface area contributed by atoms with Crippen LogP contribution in [-0.2, 0) is 9.59 Å². The second-order valence-electron chi connectivity index (χ2n) is 8.24. The van der Waals surface area contributed by atoms with Crippen LogP contribution in [0, 0.1) is 0 Å². The van der Waals surface area contributed by atoms with Crippen molar-refractivity contribution in [1.82, 2.24) is 10.7 Å². The van der Waals surface area contributed by atoms with E-state index in [1.807, 2.05) is 66.7 Å². The number of hydrazone groups is 1. The predicted octanol–water partition coefficient (Wildman–Crippen LogP) is 5.07. The molecule has 7 nitrogen and oxygen atoms in total. The van der Waals surface area contributed by atoms with Gasteiger partial charge >= 0.3 is 5.97 Å². The Morgan fingerprint density at radius 3 is 2.13 bits per heavy atom. The number of esters is 1. The highest BCUT2D eigenvalue weighted by atomic mass is 79.9. The first-order valence-electron chi connectivity index (χ1n) is 11.8. The molecule has 190 valence electrons. The van der Waals surface area contributed by atoms with Crippen molar-refractivity contribution in [2.24, 2.45) is 5.10 Å². The molecule has 0 aromatic heterocycles. The Labute approximate surface area is 228 Å². The van der Waals surface area contributed by atoms with Gasteiger partial charge in [0.1, 0.15) is 5.75 Å². The minimum absolute atomic E-state index is 0.239. The molecule has 0 aliphatic carbocycles. The Balaban J connectivity index is 1.32. The molecule has 0 radical (unpaired) electrons. The molecule has 4 rings (SSSR count). The molecule has 4 aromatic rings. The SMILES string of the molecule is O=C(CNC(=O)C(c1ccccc1)c1ccccc1)NN=Cc1cccc(OC(=O)c2cccc(Br)c2)c1. The largest absolute Gasteiger partial charge is 0.423 e. The third kappa shape index (κ3) is 7.47. The lowest BCUT2D eigenvalue weighted by molar-refractivity contribution is -0.126. The van der Waals surface area contributed by atoms with Crippen LogP contribution in [-0.4, -0.2) is 30.5 Å². The highest BCUT2D eigenvalue weighted by Crippen LogP contribution is 2.24. The number of amides is 2. The number of carbonyl (C=O) groups is 3. The lowest BCUT2D eigenvalue weighted by atomic mass is 9.90. The van der Waals surface area contributed by atoms with Gasteiger partial charge in [0, 0.05) is 4.47 Å². The zero-order valence-electron chi connectivity index (χ0n) is 20.2.